The van der Waals surface area contributed by atoms with Crippen molar-refractivity contribution in [3.05, 3.63) is 58.4 Å². The summed E-state index contributed by atoms with van der Waals surface area (Å²) >= 11 is 0. The molecule has 0 saturated heterocycles. The third-order valence-electron chi connectivity index (χ3n) is 7.25. The highest BCUT2D eigenvalue weighted by molar-refractivity contribution is 5.93. The van der Waals surface area contributed by atoms with Crippen LogP contribution in [0, 0.1) is 31.0 Å². The largest absolute Gasteiger partial charge is 0.367 e. The molecular formula is C25H29FN2O. The number of halogens is 1. The van der Waals surface area contributed by atoms with E-state index in [9.17, 15) is 9.18 Å². The predicted octanol–water partition coefficient (Wildman–Crippen LogP) is 5.52. The lowest BCUT2D eigenvalue weighted by Gasteiger charge is -2.61. The van der Waals surface area contributed by atoms with Crippen LogP contribution in [0.5, 0.6) is 0 Å². The summed E-state index contributed by atoms with van der Waals surface area (Å²) in [6, 6.07) is 9.52. The second kappa shape index (κ2) is 6.86. The Labute approximate surface area is 172 Å². The van der Waals surface area contributed by atoms with Gasteiger partial charge < -0.3 is 10.2 Å². The number of fused-ring (bicyclic) bond motifs is 1. The molecule has 2 aromatic carbocycles. The predicted molar refractivity (Wildman–Crippen MR) is 115 cm³/mol. The molecule has 0 spiro atoms. The van der Waals surface area contributed by atoms with Crippen LogP contribution in [-0.2, 0) is 17.8 Å². The van der Waals surface area contributed by atoms with Gasteiger partial charge in [-0.3, -0.25) is 4.79 Å². The lowest BCUT2D eigenvalue weighted by molar-refractivity contribution is -0.139. The molecule has 0 atom stereocenters. The summed E-state index contributed by atoms with van der Waals surface area (Å²) in [6.45, 7) is 5.90. The van der Waals surface area contributed by atoms with Crippen molar-refractivity contribution in [3.63, 3.8) is 0 Å². The van der Waals surface area contributed by atoms with Crippen LogP contribution >= 0.6 is 0 Å². The molecule has 3 saturated carbocycles. The number of hydrogen-bond donors (Lipinski definition) is 1. The number of nitrogens with zero attached hydrogens (tertiary/aromatic N) is 1. The lowest BCUT2D eigenvalue weighted by Crippen LogP contribution is -2.53. The highest BCUT2D eigenvalue weighted by atomic mass is 19.1. The molecule has 29 heavy (non-hydrogen) atoms. The fraction of sp³-hybridized carbons (Fsp3) is 0.480. The highest BCUT2D eigenvalue weighted by Gasteiger charge is 2.56. The molecule has 2 aromatic rings. The van der Waals surface area contributed by atoms with Crippen molar-refractivity contribution in [1.29, 1.82) is 0 Å². The van der Waals surface area contributed by atoms with Gasteiger partial charge in [-0.2, -0.15) is 0 Å². The van der Waals surface area contributed by atoms with Crippen molar-refractivity contribution in [1.82, 2.24) is 0 Å². The molecule has 0 unspecified atom stereocenters. The molecule has 1 N–H and O–H groups in total. The topological polar surface area (TPSA) is 32.3 Å². The van der Waals surface area contributed by atoms with Crippen LogP contribution in [0.15, 0.2) is 30.3 Å². The summed E-state index contributed by atoms with van der Waals surface area (Å²) in [5, 5.41) is 3.19. The van der Waals surface area contributed by atoms with Crippen LogP contribution in [0.25, 0.3) is 0 Å². The number of hydrogen-bond acceptors (Lipinski definition) is 2. The fourth-order valence-corrected chi connectivity index (χ4v) is 5.67. The third-order valence-corrected chi connectivity index (χ3v) is 7.25. The average Bonchev–Trinajstić information content (AvgIpc) is 2.82. The molecule has 2 bridgehead atoms. The highest BCUT2D eigenvalue weighted by Crippen LogP contribution is 2.66. The van der Waals surface area contributed by atoms with Gasteiger partial charge in [0, 0.05) is 30.9 Å². The van der Waals surface area contributed by atoms with E-state index in [1.165, 1.54) is 30.5 Å². The minimum atomic E-state index is -0.150. The molecule has 0 aromatic heterocycles. The van der Waals surface area contributed by atoms with E-state index in [0.717, 1.165) is 54.2 Å². The zero-order chi connectivity index (χ0) is 20.2. The molecule has 6 rings (SSSR count). The quantitative estimate of drug-likeness (QED) is 0.743. The number of benzene rings is 2. The minimum Gasteiger partial charge on any atom is -0.367 e. The van der Waals surface area contributed by atoms with Gasteiger partial charge in [-0.05, 0) is 104 Å². The molecule has 1 aliphatic heterocycles. The van der Waals surface area contributed by atoms with E-state index >= 15 is 0 Å². The van der Waals surface area contributed by atoms with E-state index in [1.54, 1.807) is 12.1 Å². The molecule has 4 aliphatic rings. The monoisotopic (exact) mass is 392 g/mol. The van der Waals surface area contributed by atoms with Crippen LogP contribution < -0.4 is 10.2 Å². The number of nitrogens with one attached hydrogen (secondary N) is 1. The van der Waals surface area contributed by atoms with E-state index in [-0.39, 0.29) is 11.7 Å². The van der Waals surface area contributed by atoms with Gasteiger partial charge in [-0.1, -0.05) is 6.07 Å². The van der Waals surface area contributed by atoms with Gasteiger partial charge in [-0.15, -0.1) is 0 Å². The first-order valence-corrected chi connectivity index (χ1v) is 10.8. The summed E-state index contributed by atoms with van der Waals surface area (Å²) in [5.41, 5.74) is 7.00. The number of anilines is 2. The molecule has 4 heteroatoms. The standard InChI is InChI=1S/C25H29FN2O/c1-16-8-22(28-7-3-4-19-10-21(26)6-5-20(19)15-28)9-17(2)24(16)27-23(29)14-25-11-18(12-25)13-25/h5-6,8-10,18H,3-4,7,11-15H2,1-2H3,(H,27,29). The van der Waals surface area contributed by atoms with Crippen molar-refractivity contribution < 1.29 is 9.18 Å². The van der Waals surface area contributed by atoms with Crippen molar-refractivity contribution in [2.75, 3.05) is 16.8 Å². The molecule has 3 aliphatic carbocycles. The van der Waals surface area contributed by atoms with Gasteiger partial charge in [0.25, 0.3) is 0 Å². The Bertz CT molecular complexity index is 943. The van der Waals surface area contributed by atoms with E-state index < -0.39 is 0 Å². The first-order chi connectivity index (χ1) is 13.9. The maximum absolute atomic E-state index is 13.6. The van der Waals surface area contributed by atoms with Crippen molar-refractivity contribution in [2.24, 2.45) is 11.3 Å². The summed E-state index contributed by atoms with van der Waals surface area (Å²) in [5.74, 6) is 0.913. The Morgan fingerprint density at radius 3 is 2.52 bits per heavy atom. The van der Waals surface area contributed by atoms with Gasteiger partial charge in [0.1, 0.15) is 5.82 Å². The molecule has 3 fully saturated rings. The molecule has 1 amide bonds. The molecule has 152 valence electrons. The summed E-state index contributed by atoms with van der Waals surface area (Å²) in [6.07, 6.45) is 6.34. The number of rotatable bonds is 4. The Balaban J connectivity index is 1.33. The zero-order valence-electron chi connectivity index (χ0n) is 17.4. The van der Waals surface area contributed by atoms with Crippen LogP contribution in [0.1, 0.15) is 54.4 Å². The van der Waals surface area contributed by atoms with Crippen LogP contribution in [0.2, 0.25) is 0 Å². The zero-order valence-corrected chi connectivity index (χ0v) is 17.4. The number of carbonyl (C=O) groups is 1. The van der Waals surface area contributed by atoms with Crippen LogP contribution in [0.4, 0.5) is 15.8 Å². The minimum absolute atomic E-state index is 0.150. The second-order valence-corrected chi connectivity index (χ2v) is 9.60. The molecule has 3 nitrogen and oxygen atoms in total. The number of carbonyl (C=O) groups excluding carboxylic acids is 1. The maximum Gasteiger partial charge on any atom is 0.224 e. The molecule has 1 heterocycles. The first kappa shape index (κ1) is 18.7. The van der Waals surface area contributed by atoms with Crippen molar-refractivity contribution in [2.45, 2.75) is 58.9 Å². The Hall–Kier alpha value is -2.36. The second-order valence-electron chi connectivity index (χ2n) is 9.60. The number of amides is 1. The van der Waals surface area contributed by atoms with Gasteiger partial charge in [0.2, 0.25) is 5.91 Å². The van der Waals surface area contributed by atoms with Crippen molar-refractivity contribution in [3.8, 4) is 0 Å². The van der Waals surface area contributed by atoms with E-state index in [0.29, 0.717) is 11.8 Å². The molecular weight excluding hydrogens is 363 g/mol. The van der Waals surface area contributed by atoms with Gasteiger partial charge >= 0.3 is 0 Å². The fourth-order valence-electron chi connectivity index (χ4n) is 5.67. The maximum atomic E-state index is 13.6. The van der Waals surface area contributed by atoms with Gasteiger partial charge in [0.05, 0.1) is 0 Å². The van der Waals surface area contributed by atoms with Crippen LogP contribution in [0.3, 0.4) is 0 Å². The summed E-state index contributed by atoms with van der Waals surface area (Å²) < 4.78 is 13.6. The summed E-state index contributed by atoms with van der Waals surface area (Å²) in [4.78, 5) is 15.0. The third kappa shape index (κ3) is 3.43. The average molecular weight is 393 g/mol. The molecule has 0 radical (unpaired) electrons. The lowest BCUT2D eigenvalue weighted by atomic mass is 9.43. The van der Waals surface area contributed by atoms with E-state index in [4.69, 9.17) is 0 Å². The van der Waals surface area contributed by atoms with Gasteiger partial charge in [0.15, 0.2) is 0 Å². The SMILES string of the molecule is Cc1cc(N2CCCc3cc(F)ccc3C2)cc(C)c1NC(=O)CC12CC(C1)C2. The Morgan fingerprint density at radius 1 is 1.14 bits per heavy atom. The van der Waals surface area contributed by atoms with E-state index in [2.05, 4.69) is 36.2 Å². The number of aryl methyl sites for hydroxylation is 3. The van der Waals surface area contributed by atoms with Crippen LogP contribution in [-0.4, -0.2) is 12.5 Å². The Morgan fingerprint density at radius 2 is 1.86 bits per heavy atom. The normalized spacial score (nSPS) is 24.8. The van der Waals surface area contributed by atoms with Gasteiger partial charge in [-0.25, -0.2) is 4.39 Å². The van der Waals surface area contributed by atoms with Crippen molar-refractivity contribution >= 4 is 17.3 Å². The van der Waals surface area contributed by atoms with E-state index in [1.807, 2.05) is 6.07 Å². The first-order valence-electron chi connectivity index (χ1n) is 10.8. The smallest absolute Gasteiger partial charge is 0.224 e. The summed E-state index contributed by atoms with van der Waals surface area (Å²) in [7, 11) is 0. The Kier molecular flexibility index (Phi) is 4.41.